The number of phosphoric acid groups is 1. The number of ether oxygens (including phenoxy) is 2. The lowest BCUT2D eigenvalue weighted by atomic mass is 10.1. The smallest absolute Gasteiger partial charge is 0.462 e. The maximum atomic E-state index is 12.6. The van der Waals surface area contributed by atoms with E-state index >= 15 is 0 Å². The molecule has 1 unspecified atom stereocenters. The van der Waals surface area contributed by atoms with Crippen molar-refractivity contribution in [2.45, 2.75) is 187 Å². The molecule has 0 aromatic rings. The number of phosphoric ester groups is 1. The summed E-state index contributed by atoms with van der Waals surface area (Å²) >= 11 is 0. The maximum absolute atomic E-state index is 12.6. The van der Waals surface area contributed by atoms with Crippen LogP contribution < -0.4 is 5.73 Å². The Morgan fingerprint density at radius 1 is 0.526 bits per heavy atom. The van der Waals surface area contributed by atoms with E-state index in [1.165, 1.54) is 89.9 Å². The number of esters is 2. The highest BCUT2D eigenvalue weighted by Gasteiger charge is 2.25. The van der Waals surface area contributed by atoms with Crippen molar-refractivity contribution in [1.29, 1.82) is 0 Å². The summed E-state index contributed by atoms with van der Waals surface area (Å²) in [4.78, 5) is 34.9. The van der Waals surface area contributed by atoms with Crippen LogP contribution in [-0.4, -0.2) is 49.3 Å². The molecule has 0 spiro atoms. The molecule has 0 aromatic carbocycles. The molecule has 0 aliphatic carbocycles. The fraction of sp³-hybridized carbons (Fsp3) is 0.702. The van der Waals surface area contributed by atoms with Gasteiger partial charge in [0.25, 0.3) is 0 Å². The minimum absolute atomic E-state index is 0.0386. The van der Waals surface area contributed by atoms with Gasteiger partial charge < -0.3 is 20.1 Å². The van der Waals surface area contributed by atoms with Crippen LogP contribution in [0.15, 0.2) is 72.9 Å². The molecule has 57 heavy (non-hydrogen) atoms. The first-order valence-electron chi connectivity index (χ1n) is 22.4. The van der Waals surface area contributed by atoms with Gasteiger partial charge in [-0.15, -0.1) is 0 Å². The molecule has 9 nitrogen and oxygen atoms in total. The molecule has 0 bridgehead atoms. The summed E-state index contributed by atoms with van der Waals surface area (Å²) in [5.74, 6) is -0.933. The Hall–Kier alpha value is -2.55. The third-order valence-electron chi connectivity index (χ3n) is 9.08. The molecule has 0 rings (SSSR count). The number of unbranched alkanes of at least 4 members (excludes halogenated alkanes) is 16. The normalized spacial score (nSPS) is 14.0. The summed E-state index contributed by atoms with van der Waals surface area (Å²) in [5.41, 5.74) is 5.34. The van der Waals surface area contributed by atoms with Crippen LogP contribution in [0.4, 0.5) is 0 Å². The standard InChI is InChI=1S/C47H82NO8P/c1-3-5-7-9-11-13-15-17-19-21-22-24-26-28-30-32-34-36-38-40-47(50)56-45(44-55-57(51,52)54-42-41-48)43-53-46(49)39-37-35-33-31-29-27-25-23-20-18-16-14-12-10-8-6-4-2/h11,13,17-20,22,24,28,30,34,36,45H,3-10,12,14-16,21,23,25-27,29,31-33,35,37-44,48H2,1-2H3,(H,51,52)/t45-/m1/s1. The van der Waals surface area contributed by atoms with Gasteiger partial charge in [-0.05, 0) is 77.0 Å². The highest BCUT2D eigenvalue weighted by Crippen LogP contribution is 2.43. The van der Waals surface area contributed by atoms with E-state index in [0.717, 1.165) is 51.4 Å². The van der Waals surface area contributed by atoms with Crippen molar-refractivity contribution in [3.63, 3.8) is 0 Å². The lowest BCUT2D eigenvalue weighted by Crippen LogP contribution is -2.29. The van der Waals surface area contributed by atoms with E-state index in [0.29, 0.717) is 12.8 Å². The topological polar surface area (TPSA) is 134 Å². The quantitative estimate of drug-likeness (QED) is 0.0267. The Bertz CT molecular complexity index is 1160. The van der Waals surface area contributed by atoms with Gasteiger partial charge in [0.1, 0.15) is 6.61 Å². The minimum Gasteiger partial charge on any atom is -0.462 e. The lowest BCUT2D eigenvalue weighted by Gasteiger charge is -2.19. The van der Waals surface area contributed by atoms with Gasteiger partial charge in [0.15, 0.2) is 6.10 Å². The molecule has 0 amide bonds. The van der Waals surface area contributed by atoms with Gasteiger partial charge in [-0.1, -0.05) is 164 Å². The van der Waals surface area contributed by atoms with Crippen LogP contribution in [0.5, 0.6) is 0 Å². The van der Waals surface area contributed by atoms with Crippen LogP contribution in [0.2, 0.25) is 0 Å². The molecule has 0 aliphatic rings. The number of rotatable bonds is 41. The van der Waals surface area contributed by atoms with E-state index in [-0.39, 0.29) is 32.6 Å². The van der Waals surface area contributed by atoms with Crippen LogP contribution in [0.1, 0.15) is 181 Å². The summed E-state index contributed by atoms with van der Waals surface area (Å²) in [6.07, 6.45) is 52.3. The molecule has 0 aromatic heterocycles. The molecule has 0 fully saturated rings. The monoisotopic (exact) mass is 820 g/mol. The van der Waals surface area contributed by atoms with Gasteiger partial charge in [-0.3, -0.25) is 18.6 Å². The summed E-state index contributed by atoms with van der Waals surface area (Å²) < 4.78 is 32.7. The second kappa shape index (κ2) is 43.0. The highest BCUT2D eigenvalue weighted by molar-refractivity contribution is 7.47. The zero-order valence-electron chi connectivity index (χ0n) is 36.0. The molecule has 328 valence electrons. The molecular formula is C47H82NO8P. The van der Waals surface area contributed by atoms with E-state index in [1.54, 1.807) is 0 Å². The van der Waals surface area contributed by atoms with E-state index in [2.05, 4.69) is 74.6 Å². The first kappa shape index (κ1) is 54.5. The van der Waals surface area contributed by atoms with Crippen LogP contribution in [0, 0.1) is 0 Å². The second-order valence-corrected chi connectivity index (χ2v) is 16.0. The summed E-state index contributed by atoms with van der Waals surface area (Å²) in [6, 6.07) is 0. The Balaban J connectivity index is 4.28. The van der Waals surface area contributed by atoms with Gasteiger partial charge in [-0.2, -0.15) is 0 Å². The predicted octanol–water partition coefficient (Wildman–Crippen LogP) is 13.1. The van der Waals surface area contributed by atoms with Gasteiger partial charge >= 0.3 is 19.8 Å². The highest BCUT2D eigenvalue weighted by atomic mass is 31.2. The minimum atomic E-state index is -4.40. The molecule has 0 heterocycles. The Morgan fingerprint density at radius 2 is 0.947 bits per heavy atom. The average molecular weight is 820 g/mol. The molecule has 10 heteroatoms. The fourth-order valence-corrected chi connectivity index (χ4v) is 6.49. The molecular weight excluding hydrogens is 737 g/mol. The van der Waals surface area contributed by atoms with Crippen molar-refractivity contribution in [1.82, 2.24) is 0 Å². The molecule has 0 saturated carbocycles. The van der Waals surface area contributed by atoms with Crippen molar-refractivity contribution in [2.75, 3.05) is 26.4 Å². The van der Waals surface area contributed by atoms with Crippen LogP contribution in [0.25, 0.3) is 0 Å². The fourth-order valence-electron chi connectivity index (χ4n) is 5.73. The number of hydrogen-bond donors (Lipinski definition) is 2. The van der Waals surface area contributed by atoms with Crippen LogP contribution in [-0.2, 0) is 32.7 Å². The Labute approximate surface area is 348 Å². The van der Waals surface area contributed by atoms with Crippen molar-refractivity contribution in [2.24, 2.45) is 5.73 Å². The maximum Gasteiger partial charge on any atom is 0.472 e. The summed E-state index contributed by atoms with van der Waals surface area (Å²) in [7, 11) is -4.40. The van der Waals surface area contributed by atoms with Crippen molar-refractivity contribution >= 4 is 19.8 Å². The van der Waals surface area contributed by atoms with Crippen LogP contribution in [0.3, 0.4) is 0 Å². The second-order valence-electron chi connectivity index (χ2n) is 14.6. The van der Waals surface area contributed by atoms with Crippen molar-refractivity contribution in [3.8, 4) is 0 Å². The Morgan fingerprint density at radius 3 is 1.47 bits per heavy atom. The van der Waals surface area contributed by atoms with E-state index in [4.69, 9.17) is 24.3 Å². The van der Waals surface area contributed by atoms with Gasteiger partial charge in [0.05, 0.1) is 13.2 Å². The Kier molecular flexibility index (Phi) is 41.1. The largest absolute Gasteiger partial charge is 0.472 e. The average Bonchev–Trinajstić information content (AvgIpc) is 3.20. The third-order valence-corrected chi connectivity index (χ3v) is 10.1. The third kappa shape index (κ3) is 42.9. The zero-order chi connectivity index (χ0) is 41.8. The molecule has 0 radical (unpaired) electrons. The zero-order valence-corrected chi connectivity index (χ0v) is 36.9. The van der Waals surface area contributed by atoms with Gasteiger partial charge in [-0.25, -0.2) is 4.57 Å². The first-order chi connectivity index (χ1) is 27.8. The number of carbonyl (C=O) groups is 2. The lowest BCUT2D eigenvalue weighted by molar-refractivity contribution is -0.161. The van der Waals surface area contributed by atoms with E-state index in [9.17, 15) is 19.0 Å². The number of hydrogen-bond acceptors (Lipinski definition) is 8. The van der Waals surface area contributed by atoms with Gasteiger partial charge in [0, 0.05) is 19.4 Å². The van der Waals surface area contributed by atoms with Crippen LogP contribution >= 0.6 is 7.82 Å². The molecule has 0 aliphatic heterocycles. The van der Waals surface area contributed by atoms with E-state index in [1.807, 2.05) is 12.2 Å². The summed E-state index contributed by atoms with van der Waals surface area (Å²) in [6.45, 7) is 3.60. The SMILES string of the molecule is CCCCCC=CCC=CCC=CCC=CCC=CCCC(=O)O[C@H](COC(=O)CCCCCCCCCC=CCCCCCCCC)COP(=O)(O)OCCN. The summed E-state index contributed by atoms with van der Waals surface area (Å²) in [5, 5.41) is 0. The predicted molar refractivity (Wildman–Crippen MR) is 238 cm³/mol. The van der Waals surface area contributed by atoms with Gasteiger partial charge in [0.2, 0.25) is 0 Å². The van der Waals surface area contributed by atoms with Crippen molar-refractivity contribution < 1.29 is 37.6 Å². The number of allylic oxidation sites excluding steroid dienone is 12. The van der Waals surface area contributed by atoms with Crippen molar-refractivity contribution in [3.05, 3.63) is 72.9 Å². The number of nitrogens with two attached hydrogens (primary N) is 1. The van der Waals surface area contributed by atoms with E-state index < -0.39 is 32.5 Å². The first-order valence-corrected chi connectivity index (χ1v) is 23.9. The molecule has 0 saturated heterocycles. The molecule has 3 N–H and O–H groups in total. The molecule has 2 atom stereocenters. The number of carbonyl (C=O) groups excluding carboxylic acids is 2.